The number of hydrogen-bond acceptors (Lipinski definition) is 6. The molecule has 1 amide bonds. The summed E-state index contributed by atoms with van der Waals surface area (Å²) in [5.41, 5.74) is 12.8. The second-order valence-electron chi connectivity index (χ2n) is 10.8. The van der Waals surface area contributed by atoms with E-state index >= 15 is 0 Å². The number of aliphatic imine (C=N–C) groups is 1. The molecule has 1 heterocycles. The van der Waals surface area contributed by atoms with E-state index in [-0.39, 0.29) is 25.5 Å². The summed E-state index contributed by atoms with van der Waals surface area (Å²) in [5, 5.41) is 16.0. The van der Waals surface area contributed by atoms with E-state index < -0.39 is 11.6 Å². The molecular weight excluding hydrogens is 634 g/mol. The first-order valence-electron chi connectivity index (χ1n) is 14.7. The second kappa shape index (κ2) is 14.9. The van der Waals surface area contributed by atoms with Crippen molar-refractivity contribution in [3.8, 4) is 5.75 Å². The average molecular weight is 669 g/mol. The number of aliphatic hydroxyl groups excluding tert-OH is 1. The smallest absolute Gasteiger partial charge is 0.252 e. The van der Waals surface area contributed by atoms with Gasteiger partial charge in [0.15, 0.2) is 11.6 Å². The molecule has 5 rings (SSSR count). The maximum absolute atomic E-state index is 14.6. The Labute approximate surface area is 270 Å². The SMILES string of the molecule is Cc1cccc(CNC(=O)[C@]2(Cc3ccccc3CN=[N+]=[N-])N=C(c3ccc(OCCCO)cc3)O[C@@H]2c2ccc(Br)cc2)c1. The molecule has 9 nitrogen and oxygen atoms in total. The molecule has 0 aromatic heterocycles. The zero-order chi connectivity index (χ0) is 31.6. The molecule has 1 aliphatic heterocycles. The Morgan fingerprint density at radius 2 is 1.82 bits per heavy atom. The van der Waals surface area contributed by atoms with Crippen molar-refractivity contribution in [1.82, 2.24) is 5.32 Å². The number of halogens is 1. The Morgan fingerprint density at radius 1 is 1.07 bits per heavy atom. The van der Waals surface area contributed by atoms with Crippen LogP contribution in [0.5, 0.6) is 5.75 Å². The van der Waals surface area contributed by atoms with E-state index in [1.807, 2.05) is 104 Å². The topological polar surface area (TPSA) is 129 Å². The van der Waals surface area contributed by atoms with E-state index in [0.717, 1.165) is 32.3 Å². The number of azide groups is 1. The summed E-state index contributed by atoms with van der Waals surface area (Å²) in [6.45, 7) is 2.94. The van der Waals surface area contributed by atoms with E-state index in [4.69, 9.17) is 25.1 Å². The van der Waals surface area contributed by atoms with E-state index in [9.17, 15) is 4.79 Å². The van der Waals surface area contributed by atoms with Crippen LogP contribution in [-0.2, 0) is 29.0 Å². The fourth-order valence-electron chi connectivity index (χ4n) is 5.36. The summed E-state index contributed by atoms with van der Waals surface area (Å²) in [5.74, 6) is 0.710. The van der Waals surface area contributed by atoms with Gasteiger partial charge in [-0.1, -0.05) is 87.3 Å². The minimum absolute atomic E-state index is 0.0557. The van der Waals surface area contributed by atoms with Gasteiger partial charge in [-0.15, -0.1) is 0 Å². The minimum Gasteiger partial charge on any atom is -0.494 e. The van der Waals surface area contributed by atoms with Gasteiger partial charge < -0.3 is 19.9 Å². The number of benzene rings is 4. The Kier molecular flexibility index (Phi) is 10.5. The molecule has 1 aliphatic rings. The highest BCUT2D eigenvalue weighted by atomic mass is 79.9. The number of carbonyl (C=O) groups is 1. The maximum atomic E-state index is 14.6. The predicted octanol–water partition coefficient (Wildman–Crippen LogP) is 7.15. The first kappa shape index (κ1) is 31.8. The highest BCUT2D eigenvalue weighted by molar-refractivity contribution is 9.10. The molecule has 45 heavy (non-hydrogen) atoms. The number of ether oxygens (including phenoxy) is 2. The molecule has 4 aromatic carbocycles. The van der Waals surface area contributed by atoms with Crippen LogP contribution < -0.4 is 10.1 Å². The standard InChI is InChI=1S/C35H34BrN5O4/c1-24-6-4-7-25(20-24)22-38-34(43)35(21-28-8-2-3-9-29(28)23-39-41-37)32(26-10-14-30(36)15-11-26)45-33(40-35)27-12-16-31(17-13-27)44-19-5-18-42/h2-4,6-17,20,32,42H,5,18-19,21-23H2,1H3,(H,38,43)/t32-,35-/m1/s1. The van der Waals surface area contributed by atoms with Crippen LogP contribution in [0.2, 0.25) is 0 Å². The van der Waals surface area contributed by atoms with Crippen molar-refractivity contribution in [3.05, 3.63) is 145 Å². The molecule has 0 saturated heterocycles. The van der Waals surface area contributed by atoms with Crippen molar-refractivity contribution in [2.45, 2.75) is 44.5 Å². The number of hydrogen-bond donors (Lipinski definition) is 2. The molecule has 0 fully saturated rings. The molecule has 0 bridgehead atoms. The molecule has 2 atom stereocenters. The first-order chi connectivity index (χ1) is 21.9. The van der Waals surface area contributed by atoms with Gasteiger partial charge in [0.05, 0.1) is 13.2 Å². The quantitative estimate of drug-likeness (QED) is 0.0679. The van der Waals surface area contributed by atoms with Crippen LogP contribution in [-0.4, -0.2) is 35.7 Å². The molecule has 0 saturated carbocycles. The molecule has 10 heteroatoms. The number of aliphatic hydroxyl groups is 1. The number of nitrogens with zero attached hydrogens (tertiary/aromatic N) is 4. The lowest BCUT2D eigenvalue weighted by Crippen LogP contribution is -2.49. The van der Waals surface area contributed by atoms with Crippen molar-refractivity contribution in [2.24, 2.45) is 10.1 Å². The van der Waals surface area contributed by atoms with Gasteiger partial charge in [-0.05, 0) is 71.1 Å². The number of carbonyl (C=O) groups excluding carboxylic acids is 1. The number of amides is 1. The van der Waals surface area contributed by atoms with Crippen LogP contribution in [0.3, 0.4) is 0 Å². The number of aryl methyl sites for hydroxylation is 1. The molecule has 230 valence electrons. The van der Waals surface area contributed by atoms with E-state index in [0.29, 0.717) is 36.8 Å². The Balaban J connectivity index is 1.59. The molecule has 0 aliphatic carbocycles. The third-order valence-corrected chi connectivity index (χ3v) is 8.15. The Bertz CT molecular complexity index is 1700. The summed E-state index contributed by atoms with van der Waals surface area (Å²) in [6, 6.07) is 30.6. The zero-order valence-corrected chi connectivity index (χ0v) is 26.5. The minimum atomic E-state index is -1.39. The third kappa shape index (κ3) is 7.72. The molecule has 0 unspecified atom stereocenters. The first-order valence-corrected chi connectivity index (χ1v) is 15.5. The van der Waals surface area contributed by atoms with Crippen LogP contribution in [0.4, 0.5) is 0 Å². The largest absolute Gasteiger partial charge is 0.494 e. The van der Waals surface area contributed by atoms with Gasteiger partial charge in [0.1, 0.15) is 5.75 Å². The Hall–Kier alpha value is -4.63. The highest BCUT2D eigenvalue weighted by Crippen LogP contribution is 2.43. The molecule has 0 spiro atoms. The fourth-order valence-corrected chi connectivity index (χ4v) is 5.62. The lowest BCUT2D eigenvalue weighted by molar-refractivity contribution is -0.129. The second-order valence-corrected chi connectivity index (χ2v) is 11.8. The van der Waals surface area contributed by atoms with Gasteiger partial charge in [-0.25, -0.2) is 4.99 Å². The lowest BCUT2D eigenvalue weighted by atomic mass is 9.81. The fraction of sp³-hybridized carbons (Fsp3) is 0.257. The highest BCUT2D eigenvalue weighted by Gasteiger charge is 2.53. The number of nitrogens with one attached hydrogen (secondary N) is 1. The van der Waals surface area contributed by atoms with Crippen molar-refractivity contribution in [1.29, 1.82) is 0 Å². The van der Waals surface area contributed by atoms with Gasteiger partial charge >= 0.3 is 0 Å². The normalized spacial score (nSPS) is 17.1. The van der Waals surface area contributed by atoms with Crippen LogP contribution in [0.1, 0.15) is 45.9 Å². The van der Waals surface area contributed by atoms with Crippen LogP contribution in [0, 0.1) is 6.92 Å². The van der Waals surface area contributed by atoms with Crippen LogP contribution >= 0.6 is 15.9 Å². The van der Waals surface area contributed by atoms with E-state index in [1.165, 1.54) is 0 Å². The summed E-state index contributed by atoms with van der Waals surface area (Å²) in [4.78, 5) is 22.6. The van der Waals surface area contributed by atoms with Crippen molar-refractivity contribution >= 4 is 27.7 Å². The summed E-state index contributed by atoms with van der Waals surface area (Å²) >= 11 is 3.52. The van der Waals surface area contributed by atoms with Crippen molar-refractivity contribution in [2.75, 3.05) is 13.2 Å². The Morgan fingerprint density at radius 3 is 2.53 bits per heavy atom. The lowest BCUT2D eigenvalue weighted by Gasteiger charge is -2.31. The maximum Gasteiger partial charge on any atom is 0.252 e. The average Bonchev–Trinajstić information content (AvgIpc) is 3.44. The number of rotatable bonds is 13. The van der Waals surface area contributed by atoms with Gasteiger partial charge in [-0.3, -0.25) is 4.79 Å². The third-order valence-electron chi connectivity index (χ3n) is 7.62. The molecular formula is C35H34BrN5O4. The van der Waals surface area contributed by atoms with Crippen LogP contribution in [0.15, 0.2) is 112 Å². The van der Waals surface area contributed by atoms with Crippen LogP contribution in [0.25, 0.3) is 10.4 Å². The van der Waals surface area contributed by atoms with E-state index in [2.05, 4.69) is 31.3 Å². The van der Waals surface area contributed by atoms with Gasteiger partial charge in [0.25, 0.3) is 5.91 Å². The van der Waals surface area contributed by atoms with E-state index in [1.54, 1.807) is 0 Å². The molecule has 0 radical (unpaired) electrons. The monoisotopic (exact) mass is 667 g/mol. The summed E-state index contributed by atoms with van der Waals surface area (Å²) in [7, 11) is 0. The zero-order valence-electron chi connectivity index (χ0n) is 24.9. The predicted molar refractivity (Wildman–Crippen MR) is 177 cm³/mol. The molecule has 4 aromatic rings. The molecule has 2 N–H and O–H groups in total. The summed E-state index contributed by atoms with van der Waals surface area (Å²) in [6.07, 6.45) is -0.0180. The van der Waals surface area contributed by atoms with Gasteiger partial charge in [-0.2, -0.15) is 0 Å². The summed E-state index contributed by atoms with van der Waals surface area (Å²) < 4.78 is 13.2. The van der Waals surface area contributed by atoms with Gasteiger partial charge in [0.2, 0.25) is 5.90 Å². The van der Waals surface area contributed by atoms with Gasteiger partial charge in [0, 0.05) is 40.9 Å². The van der Waals surface area contributed by atoms with Crippen molar-refractivity contribution in [3.63, 3.8) is 0 Å². The van der Waals surface area contributed by atoms with Crippen molar-refractivity contribution < 1.29 is 19.4 Å².